The van der Waals surface area contributed by atoms with Crippen molar-refractivity contribution in [3.8, 4) is 0 Å². The fraction of sp³-hybridized carbons (Fsp3) is 0.500. The van der Waals surface area contributed by atoms with Gasteiger partial charge in [-0.15, -0.1) is 0 Å². The summed E-state index contributed by atoms with van der Waals surface area (Å²) in [6.45, 7) is 2.15. The van der Waals surface area contributed by atoms with Crippen LogP contribution in [0.2, 0.25) is 0 Å². The van der Waals surface area contributed by atoms with Gasteiger partial charge in [-0.1, -0.05) is 31.5 Å². The number of carbonyl (C=O) groups is 1. The minimum atomic E-state index is -0.763. The van der Waals surface area contributed by atoms with E-state index in [0.717, 1.165) is 24.9 Å². The van der Waals surface area contributed by atoms with Gasteiger partial charge in [0.15, 0.2) is 0 Å². The summed E-state index contributed by atoms with van der Waals surface area (Å²) in [4.78, 5) is 11.1. The zero-order chi connectivity index (χ0) is 15.6. The molecule has 1 aromatic carbocycles. The van der Waals surface area contributed by atoms with Crippen LogP contribution in [0.4, 0.5) is 5.69 Å². The van der Waals surface area contributed by atoms with Crippen molar-refractivity contribution < 1.29 is 14.6 Å². The largest absolute Gasteiger partial charge is 0.493 e. The number of unbranched alkanes of at least 4 members (excludes halogenated alkanes) is 1. The number of hydrogen-bond acceptors (Lipinski definition) is 3. The van der Waals surface area contributed by atoms with E-state index >= 15 is 0 Å². The number of anilines is 1. The van der Waals surface area contributed by atoms with Crippen LogP contribution < -0.4 is 5.32 Å². The van der Waals surface area contributed by atoms with Crippen LogP contribution in [-0.4, -0.2) is 22.7 Å². The molecule has 0 amide bonds. The maximum Gasteiger partial charge on any atom is 0.303 e. The predicted molar refractivity (Wildman–Crippen MR) is 85.9 cm³/mol. The monoisotopic (exact) mass is 301 g/mol. The number of benzene rings is 1. The van der Waals surface area contributed by atoms with Crippen molar-refractivity contribution in [2.24, 2.45) is 0 Å². The van der Waals surface area contributed by atoms with Gasteiger partial charge in [-0.3, -0.25) is 4.79 Å². The fourth-order valence-corrected chi connectivity index (χ4v) is 3.71. The first-order valence-corrected chi connectivity index (χ1v) is 8.08. The van der Waals surface area contributed by atoms with E-state index in [0.29, 0.717) is 6.42 Å². The Balaban J connectivity index is 1.90. The predicted octanol–water partition coefficient (Wildman–Crippen LogP) is 3.90. The standard InChI is InChI=1S/C18H23NO3/c1-2-3-10-18(11-8-16(20)21)17-14(9-12-22-18)13-6-4-5-7-15(13)19-17/h4-7,9,12,14,17,19H,2-3,8,10-11H2,1H3,(H,20,21). The molecule has 0 radical (unpaired) electrons. The highest BCUT2D eigenvalue weighted by Gasteiger charge is 2.49. The molecule has 0 saturated carbocycles. The number of rotatable bonds is 6. The molecular weight excluding hydrogens is 278 g/mol. The molecular formula is C18H23NO3. The quantitative estimate of drug-likeness (QED) is 0.836. The van der Waals surface area contributed by atoms with Gasteiger partial charge in [-0.2, -0.15) is 0 Å². The van der Waals surface area contributed by atoms with E-state index in [1.54, 1.807) is 6.26 Å². The molecule has 22 heavy (non-hydrogen) atoms. The maximum atomic E-state index is 11.1. The lowest BCUT2D eigenvalue weighted by atomic mass is 9.76. The third-order valence-corrected chi connectivity index (χ3v) is 4.86. The van der Waals surface area contributed by atoms with E-state index < -0.39 is 11.6 Å². The number of fused-ring (bicyclic) bond motifs is 3. The molecule has 0 bridgehead atoms. The highest BCUT2D eigenvalue weighted by atomic mass is 16.5. The van der Waals surface area contributed by atoms with Crippen molar-refractivity contribution in [2.75, 3.05) is 5.32 Å². The molecule has 0 spiro atoms. The van der Waals surface area contributed by atoms with Crippen molar-refractivity contribution >= 4 is 11.7 Å². The second-order valence-electron chi connectivity index (χ2n) is 6.24. The summed E-state index contributed by atoms with van der Waals surface area (Å²) < 4.78 is 6.06. The molecule has 2 aliphatic rings. The second-order valence-corrected chi connectivity index (χ2v) is 6.24. The molecule has 4 heteroatoms. The van der Waals surface area contributed by atoms with Crippen LogP contribution in [0.25, 0.3) is 0 Å². The van der Waals surface area contributed by atoms with Crippen molar-refractivity contribution in [1.29, 1.82) is 0 Å². The Morgan fingerprint density at radius 2 is 2.18 bits per heavy atom. The summed E-state index contributed by atoms with van der Waals surface area (Å²) in [5.41, 5.74) is 1.99. The summed E-state index contributed by atoms with van der Waals surface area (Å²) in [7, 11) is 0. The Morgan fingerprint density at radius 3 is 2.95 bits per heavy atom. The van der Waals surface area contributed by atoms with Crippen molar-refractivity contribution in [3.05, 3.63) is 42.2 Å². The lowest BCUT2D eigenvalue weighted by Crippen LogP contribution is -2.51. The Kier molecular flexibility index (Phi) is 4.10. The highest BCUT2D eigenvalue weighted by molar-refractivity contribution is 5.67. The summed E-state index contributed by atoms with van der Waals surface area (Å²) in [6.07, 6.45) is 7.54. The van der Waals surface area contributed by atoms with Gasteiger partial charge in [-0.25, -0.2) is 0 Å². The molecule has 3 unspecified atom stereocenters. The van der Waals surface area contributed by atoms with Gasteiger partial charge in [0, 0.05) is 18.0 Å². The Labute approximate surface area is 131 Å². The molecule has 3 rings (SSSR count). The van der Waals surface area contributed by atoms with E-state index in [9.17, 15) is 4.79 Å². The Hall–Kier alpha value is -1.97. The first kappa shape index (κ1) is 14.9. The van der Waals surface area contributed by atoms with Gasteiger partial charge in [0.2, 0.25) is 0 Å². The third kappa shape index (κ3) is 2.58. The van der Waals surface area contributed by atoms with Crippen molar-refractivity contribution in [1.82, 2.24) is 0 Å². The second kappa shape index (κ2) is 6.03. The van der Waals surface area contributed by atoms with Crippen LogP contribution >= 0.6 is 0 Å². The van der Waals surface area contributed by atoms with Gasteiger partial charge in [0.25, 0.3) is 0 Å². The van der Waals surface area contributed by atoms with E-state index in [4.69, 9.17) is 9.84 Å². The number of aliphatic carboxylic acids is 1. The number of ether oxygens (including phenoxy) is 1. The van der Waals surface area contributed by atoms with Crippen LogP contribution in [0.15, 0.2) is 36.6 Å². The smallest absolute Gasteiger partial charge is 0.303 e. The van der Waals surface area contributed by atoms with E-state index in [-0.39, 0.29) is 18.4 Å². The average molecular weight is 301 g/mol. The van der Waals surface area contributed by atoms with Gasteiger partial charge < -0.3 is 15.2 Å². The first-order chi connectivity index (χ1) is 10.7. The summed E-state index contributed by atoms with van der Waals surface area (Å²) in [6, 6.07) is 8.42. The Bertz CT molecular complexity index is 583. The molecule has 2 aliphatic heterocycles. The molecule has 0 fully saturated rings. The summed E-state index contributed by atoms with van der Waals surface area (Å²) in [5.74, 6) is -0.503. The van der Waals surface area contributed by atoms with E-state index in [1.807, 2.05) is 6.07 Å². The van der Waals surface area contributed by atoms with Gasteiger partial charge in [0.05, 0.1) is 12.3 Å². The molecule has 3 atom stereocenters. The molecule has 118 valence electrons. The zero-order valence-electron chi connectivity index (χ0n) is 12.9. The minimum absolute atomic E-state index is 0.112. The highest BCUT2D eigenvalue weighted by Crippen LogP contribution is 2.47. The molecule has 0 aromatic heterocycles. The number of para-hydroxylation sites is 1. The first-order valence-electron chi connectivity index (χ1n) is 8.08. The number of carboxylic acids is 1. The van der Waals surface area contributed by atoms with Gasteiger partial charge >= 0.3 is 5.97 Å². The van der Waals surface area contributed by atoms with Crippen molar-refractivity contribution in [3.63, 3.8) is 0 Å². The van der Waals surface area contributed by atoms with Crippen LogP contribution in [0.3, 0.4) is 0 Å². The average Bonchev–Trinajstić information content (AvgIpc) is 2.91. The number of carboxylic acid groups (broad SMARTS) is 1. The number of nitrogens with one attached hydrogen (secondary N) is 1. The fourth-order valence-electron chi connectivity index (χ4n) is 3.71. The minimum Gasteiger partial charge on any atom is -0.493 e. The van der Waals surface area contributed by atoms with E-state index in [1.165, 1.54) is 5.56 Å². The normalized spacial score (nSPS) is 28.4. The summed E-state index contributed by atoms with van der Waals surface area (Å²) >= 11 is 0. The molecule has 2 N–H and O–H groups in total. The lowest BCUT2D eigenvalue weighted by Gasteiger charge is -2.43. The van der Waals surface area contributed by atoms with Crippen LogP contribution in [-0.2, 0) is 9.53 Å². The van der Waals surface area contributed by atoms with Crippen molar-refractivity contribution in [2.45, 2.75) is 56.6 Å². The van der Waals surface area contributed by atoms with Crippen LogP contribution in [0.1, 0.15) is 50.5 Å². The van der Waals surface area contributed by atoms with Gasteiger partial charge in [0.1, 0.15) is 5.60 Å². The molecule has 0 saturated heterocycles. The third-order valence-electron chi connectivity index (χ3n) is 4.86. The molecule has 4 nitrogen and oxygen atoms in total. The Morgan fingerprint density at radius 1 is 1.36 bits per heavy atom. The molecule has 0 aliphatic carbocycles. The van der Waals surface area contributed by atoms with E-state index in [2.05, 4.69) is 36.5 Å². The lowest BCUT2D eigenvalue weighted by molar-refractivity contribution is -0.139. The molecule has 2 heterocycles. The van der Waals surface area contributed by atoms with Crippen LogP contribution in [0.5, 0.6) is 0 Å². The topological polar surface area (TPSA) is 58.6 Å². The van der Waals surface area contributed by atoms with Gasteiger partial charge in [-0.05, 0) is 37.0 Å². The zero-order valence-corrected chi connectivity index (χ0v) is 12.9. The number of hydrogen-bond donors (Lipinski definition) is 2. The summed E-state index contributed by atoms with van der Waals surface area (Å²) in [5, 5.41) is 12.7. The SMILES string of the molecule is CCCCC1(CCC(=O)O)OC=CC2c3ccccc3NC21. The maximum absolute atomic E-state index is 11.1. The van der Waals surface area contributed by atoms with Crippen LogP contribution in [0, 0.1) is 0 Å². The molecule has 1 aromatic rings.